The lowest BCUT2D eigenvalue weighted by molar-refractivity contribution is -0.139. The number of nitrogens with zero attached hydrogens (tertiary/aromatic N) is 2. The summed E-state index contributed by atoms with van der Waals surface area (Å²) in [5.41, 5.74) is 2.92. The number of hydrogen-bond donors (Lipinski definition) is 0. The average molecular weight is 620 g/mol. The second kappa shape index (κ2) is 11.1. The predicted molar refractivity (Wildman–Crippen MR) is 155 cm³/mol. The number of carbonyl (C=O) groups is 4. The number of benzene rings is 3. The summed E-state index contributed by atoms with van der Waals surface area (Å²) in [6.07, 6.45) is 1.57. The van der Waals surface area contributed by atoms with E-state index < -0.39 is 23.7 Å². The molecule has 1 saturated heterocycles. The Morgan fingerprint density at radius 3 is 1.85 bits per heavy atom. The number of fused-ring (bicyclic) bond motifs is 1. The molecule has 0 N–H and O–H groups in total. The largest absolute Gasteiger partial charge is 0.426 e. The van der Waals surface area contributed by atoms with Crippen LogP contribution in [0.2, 0.25) is 20.1 Å². The summed E-state index contributed by atoms with van der Waals surface area (Å²) in [7, 11) is 0. The number of imide groups is 1. The van der Waals surface area contributed by atoms with Gasteiger partial charge >= 0.3 is 5.97 Å². The van der Waals surface area contributed by atoms with E-state index in [9.17, 15) is 19.2 Å². The van der Waals surface area contributed by atoms with Crippen molar-refractivity contribution in [1.29, 1.82) is 0 Å². The highest BCUT2D eigenvalue weighted by molar-refractivity contribution is 6.56. The number of amides is 3. The summed E-state index contributed by atoms with van der Waals surface area (Å²) in [4.78, 5) is 54.7. The van der Waals surface area contributed by atoms with E-state index in [1.54, 1.807) is 4.90 Å². The molecule has 5 rings (SSSR count). The molecular weight excluding hydrogens is 598 g/mol. The van der Waals surface area contributed by atoms with Gasteiger partial charge in [0.1, 0.15) is 5.75 Å². The van der Waals surface area contributed by atoms with Gasteiger partial charge in [-0.3, -0.25) is 19.2 Å². The zero-order valence-corrected chi connectivity index (χ0v) is 24.4. The van der Waals surface area contributed by atoms with E-state index in [-0.39, 0.29) is 61.5 Å². The lowest BCUT2D eigenvalue weighted by Gasteiger charge is -2.23. The molecular formula is C29H22Cl4N2O5. The zero-order valence-electron chi connectivity index (χ0n) is 21.4. The Morgan fingerprint density at radius 1 is 0.825 bits per heavy atom. The molecule has 40 heavy (non-hydrogen) atoms. The fourth-order valence-corrected chi connectivity index (χ4v) is 6.10. The van der Waals surface area contributed by atoms with E-state index >= 15 is 0 Å². The molecule has 2 aliphatic heterocycles. The van der Waals surface area contributed by atoms with Crippen molar-refractivity contribution in [3.05, 3.63) is 84.8 Å². The Morgan fingerprint density at radius 2 is 1.35 bits per heavy atom. The van der Waals surface area contributed by atoms with Crippen LogP contribution >= 0.6 is 46.4 Å². The summed E-state index contributed by atoms with van der Waals surface area (Å²) in [5.74, 6) is -2.54. The summed E-state index contributed by atoms with van der Waals surface area (Å²) in [6, 6.07) is 11.8. The van der Waals surface area contributed by atoms with Crippen molar-refractivity contribution in [2.75, 3.05) is 16.3 Å². The van der Waals surface area contributed by atoms with Gasteiger partial charge in [-0.15, -0.1) is 0 Å². The maximum Gasteiger partial charge on any atom is 0.316 e. The Balaban J connectivity index is 1.32. The molecule has 206 valence electrons. The van der Waals surface area contributed by atoms with Gasteiger partial charge in [0.05, 0.1) is 42.8 Å². The maximum atomic E-state index is 13.1. The minimum absolute atomic E-state index is 0.0415. The van der Waals surface area contributed by atoms with E-state index in [1.807, 2.05) is 32.0 Å². The lowest BCUT2D eigenvalue weighted by Crippen LogP contribution is -2.29. The molecule has 2 heterocycles. The highest BCUT2D eigenvalue weighted by Crippen LogP contribution is 2.45. The number of esters is 1. The molecule has 2 aliphatic rings. The van der Waals surface area contributed by atoms with Gasteiger partial charge in [-0.2, -0.15) is 0 Å². The van der Waals surface area contributed by atoms with Gasteiger partial charge in [0.2, 0.25) is 5.91 Å². The van der Waals surface area contributed by atoms with Gasteiger partial charge < -0.3 is 9.64 Å². The van der Waals surface area contributed by atoms with Crippen LogP contribution < -0.4 is 14.5 Å². The van der Waals surface area contributed by atoms with Gasteiger partial charge in [-0.25, -0.2) is 4.90 Å². The highest BCUT2D eigenvalue weighted by Gasteiger charge is 2.42. The number of carbonyl (C=O) groups excluding carboxylic acids is 4. The smallest absolute Gasteiger partial charge is 0.316 e. The van der Waals surface area contributed by atoms with Gasteiger partial charge in [-0.1, -0.05) is 78.5 Å². The molecule has 3 aromatic rings. The number of ether oxygens (including phenoxy) is 1. The Labute approximate surface area is 250 Å². The minimum atomic E-state index is -0.710. The van der Waals surface area contributed by atoms with Crippen molar-refractivity contribution < 1.29 is 23.9 Å². The first-order valence-electron chi connectivity index (χ1n) is 12.6. The number of aryl methyl sites for hydroxylation is 2. The molecule has 7 nitrogen and oxygen atoms in total. The summed E-state index contributed by atoms with van der Waals surface area (Å²) < 4.78 is 5.56. The van der Waals surface area contributed by atoms with E-state index in [4.69, 9.17) is 51.1 Å². The molecule has 1 fully saturated rings. The first-order valence-corrected chi connectivity index (χ1v) is 14.1. The van der Waals surface area contributed by atoms with Crippen molar-refractivity contribution in [2.45, 2.75) is 33.1 Å². The first kappa shape index (κ1) is 28.4. The van der Waals surface area contributed by atoms with Crippen LogP contribution in [0, 0.1) is 5.92 Å². The summed E-state index contributed by atoms with van der Waals surface area (Å²) >= 11 is 24.6. The van der Waals surface area contributed by atoms with Crippen molar-refractivity contribution >= 4 is 81.5 Å². The molecule has 0 saturated carbocycles. The molecule has 0 radical (unpaired) electrons. The molecule has 0 aromatic heterocycles. The molecule has 3 amide bonds. The van der Waals surface area contributed by atoms with Crippen LogP contribution in [0.25, 0.3) is 0 Å². The topological polar surface area (TPSA) is 84.0 Å². The van der Waals surface area contributed by atoms with Crippen molar-refractivity contribution in [1.82, 2.24) is 0 Å². The second-order valence-electron chi connectivity index (χ2n) is 9.40. The molecule has 11 heteroatoms. The monoisotopic (exact) mass is 618 g/mol. The van der Waals surface area contributed by atoms with Crippen LogP contribution in [0.3, 0.4) is 0 Å². The number of hydrogen-bond acceptors (Lipinski definition) is 5. The summed E-state index contributed by atoms with van der Waals surface area (Å²) in [5, 5.41) is -0.564. The molecule has 0 aliphatic carbocycles. The van der Waals surface area contributed by atoms with E-state index in [2.05, 4.69) is 0 Å². The van der Waals surface area contributed by atoms with Gasteiger partial charge in [-0.05, 0) is 48.2 Å². The highest BCUT2D eigenvalue weighted by atomic mass is 35.5. The molecule has 0 unspecified atom stereocenters. The van der Waals surface area contributed by atoms with Crippen molar-refractivity contribution in [2.24, 2.45) is 5.92 Å². The van der Waals surface area contributed by atoms with E-state index in [0.717, 1.165) is 34.6 Å². The Hall–Kier alpha value is -3.10. The number of rotatable bonds is 6. The normalized spacial score (nSPS) is 16.6. The van der Waals surface area contributed by atoms with Crippen LogP contribution in [0.5, 0.6) is 5.75 Å². The fourth-order valence-electron chi connectivity index (χ4n) is 5.09. The van der Waals surface area contributed by atoms with Gasteiger partial charge in [0, 0.05) is 18.7 Å². The van der Waals surface area contributed by atoms with Crippen LogP contribution in [0.1, 0.15) is 52.1 Å². The van der Waals surface area contributed by atoms with E-state index in [0.29, 0.717) is 0 Å². The van der Waals surface area contributed by atoms with Crippen LogP contribution in [-0.4, -0.2) is 30.2 Å². The van der Waals surface area contributed by atoms with Crippen molar-refractivity contribution in [3.8, 4) is 5.75 Å². The lowest BCUT2D eigenvalue weighted by atomic mass is 10.0. The molecule has 0 bridgehead atoms. The molecule has 0 spiro atoms. The SMILES string of the molecule is CCc1cccc(CC)c1N1C[C@H](C(=O)Oc2ccc(N3C(=O)c4c(Cl)c(Cl)c(Cl)c(Cl)c4C3=O)cc2)CC1=O. The average Bonchev–Trinajstić information content (AvgIpc) is 3.46. The first-order chi connectivity index (χ1) is 19.1. The number of anilines is 2. The molecule has 3 aromatic carbocycles. The third kappa shape index (κ3) is 4.65. The van der Waals surface area contributed by atoms with Gasteiger partial charge in [0.15, 0.2) is 0 Å². The fraction of sp³-hybridized carbons (Fsp3) is 0.241. The maximum absolute atomic E-state index is 13.1. The Bertz CT molecular complexity index is 1520. The van der Waals surface area contributed by atoms with Crippen LogP contribution in [-0.2, 0) is 22.4 Å². The zero-order chi connectivity index (χ0) is 28.9. The standard InChI is InChI=1S/C29H22Cl4N2O5/c1-3-14-6-5-7-15(4-2)26(14)34-13-16(12-19(34)36)29(39)40-18-10-8-17(9-11-18)35-27(37)20-21(28(35)38)23(31)25(33)24(32)22(20)30/h5-11,16H,3-4,12-13H2,1-2H3/t16-/m1/s1. The minimum Gasteiger partial charge on any atom is -0.426 e. The molecule has 1 atom stereocenters. The van der Waals surface area contributed by atoms with E-state index in [1.165, 1.54) is 24.3 Å². The third-order valence-electron chi connectivity index (χ3n) is 7.11. The number of para-hydroxylation sites is 1. The van der Waals surface area contributed by atoms with Crippen molar-refractivity contribution in [3.63, 3.8) is 0 Å². The predicted octanol–water partition coefficient (Wildman–Crippen LogP) is 7.18. The second-order valence-corrected chi connectivity index (χ2v) is 10.9. The third-order valence-corrected chi connectivity index (χ3v) is 8.91. The van der Waals surface area contributed by atoms with Gasteiger partial charge in [0.25, 0.3) is 11.8 Å². The van der Waals surface area contributed by atoms with Crippen LogP contribution in [0.15, 0.2) is 42.5 Å². The quantitative estimate of drug-likeness (QED) is 0.0959. The Kier molecular flexibility index (Phi) is 7.86. The van der Waals surface area contributed by atoms with Crippen LogP contribution in [0.4, 0.5) is 11.4 Å². The summed E-state index contributed by atoms with van der Waals surface area (Å²) in [6.45, 7) is 4.29. The number of halogens is 4.